The maximum absolute atomic E-state index is 13.5. The zero-order valence-corrected chi connectivity index (χ0v) is 26.7. The maximum atomic E-state index is 13.5. The highest BCUT2D eigenvalue weighted by Gasteiger charge is 2.61. The molecule has 2 unspecified atom stereocenters. The number of nitrogens with one attached hydrogen (secondary N) is 3. The normalized spacial score (nSPS) is 22.5. The summed E-state index contributed by atoms with van der Waals surface area (Å²) in [6, 6.07) is 16.6. The van der Waals surface area contributed by atoms with Gasteiger partial charge in [0.05, 0.1) is 13.2 Å². The quantitative estimate of drug-likeness (QED) is 0.177. The number of oxazole rings is 2. The van der Waals surface area contributed by atoms with Gasteiger partial charge >= 0.3 is 5.97 Å². The van der Waals surface area contributed by atoms with Gasteiger partial charge in [-0.05, 0) is 35.6 Å². The van der Waals surface area contributed by atoms with Crippen LogP contribution in [0, 0.1) is 5.92 Å². The minimum absolute atomic E-state index is 0.00127. The van der Waals surface area contributed by atoms with Gasteiger partial charge in [-0.1, -0.05) is 56.3 Å². The number of nitrogens with zero attached hydrogens (tertiary/aromatic N) is 2. The number of methoxy groups -OCH3 is 1. The van der Waals surface area contributed by atoms with Crippen molar-refractivity contribution in [3.05, 3.63) is 94.8 Å². The third-order valence-electron chi connectivity index (χ3n) is 10.3. The fourth-order valence-electron chi connectivity index (χ4n) is 8.08. The molecule has 12 nitrogen and oxygen atoms in total. The van der Waals surface area contributed by atoms with Crippen LogP contribution >= 0.6 is 0 Å². The van der Waals surface area contributed by atoms with Crippen LogP contribution in [0.3, 0.4) is 0 Å². The third-order valence-corrected chi connectivity index (χ3v) is 10.3. The molecule has 1 amide bonds. The van der Waals surface area contributed by atoms with Crippen LogP contribution < -0.4 is 21.1 Å². The van der Waals surface area contributed by atoms with Crippen molar-refractivity contribution >= 4 is 28.5 Å². The Hall–Kier alpha value is -5.88. The Bertz CT molecular complexity index is 2420. The van der Waals surface area contributed by atoms with Crippen molar-refractivity contribution in [2.75, 3.05) is 12.4 Å². The van der Waals surface area contributed by atoms with Gasteiger partial charge in [-0.3, -0.25) is 4.79 Å². The molecule has 4 aliphatic rings. The van der Waals surface area contributed by atoms with E-state index in [0.717, 1.165) is 44.4 Å². The molecule has 49 heavy (non-hydrogen) atoms. The molecular weight excluding hydrogens is 624 g/mol. The number of ether oxygens (including phenoxy) is 2. The number of benzene rings is 3. The number of hydrogen-bond acceptors (Lipinski definition) is 10. The van der Waals surface area contributed by atoms with E-state index in [9.17, 15) is 9.59 Å². The number of rotatable bonds is 2. The number of para-hydroxylation sites is 1. The Balaban J connectivity index is 1.40. The number of aromatic nitrogens is 3. The predicted octanol–water partition coefficient (Wildman–Crippen LogP) is 5.42. The summed E-state index contributed by atoms with van der Waals surface area (Å²) in [6.45, 7) is 3.95. The van der Waals surface area contributed by atoms with Gasteiger partial charge in [-0.15, -0.1) is 0 Å². The number of carbonyl (C=O) groups is 2. The lowest BCUT2D eigenvalue weighted by atomic mass is 9.72. The molecule has 0 fully saturated rings. The van der Waals surface area contributed by atoms with Gasteiger partial charge in [-0.25, -0.2) is 9.78 Å². The molecule has 0 saturated carbocycles. The molecule has 244 valence electrons. The lowest BCUT2D eigenvalue weighted by molar-refractivity contribution is -0.123. The highest BCUT2D eigenvalue weighted by molar-refractivity contribution is 6.10. The van der Waals surface area contributed by atoms with Crippen molar-refractivity contribution in [3.8, 4) is 39.8 Å². The van der Waals surface area contributed by atoms with Crippen molar-refractivity contribution in [2.24, 2.45) is 11.7 Å². The van der Waals surface area contributed by atoms with Gasteiger partial charge < -0.3 is 39.7 Å². The number of esters is 1. The highest BCUT2D eigenvalue weighted by atomic mass is 16.5. The standard InChI is InChI=1S/C37H30N6O6/c1-15(2)26-33-42-29-31(49-33)37-20-8-4-7-18(27(20)43-36(37)47-24-11-10-16(12-21(24)37)13-22(38)32(44)40-26)17-6-5-9-23-25(17)19(14-39-23)30-28(35(45)46-3)41-34(29)48-30/h4-12,14-15,22,26,36,39,43H,13,38H2,1-3H3,(H,40,44)/t22?,26-,36-,37?/m0/s1. The van der Waals surface area contributed by atoms with Gasteiger partial charge in [-0.2, -0.15) is 4.98 Å². The minimum Gasteiger partial charge on any atom is -0.469 e. The molecule has 6 aromatic rings. The van der Waals surface area contributed by atoms with E-state index in [1.54, 1.807) is 0 Å². The van der Waals surface area contributed by atoms with Crippen LogP contribution in [0.25, 0.3) is 44.9 Å². The van der Waals surface area contributed by atoms with Crippen LogP contribution in [0.1, 0.15) is 58.7 Å². The molecular formula is C37H30N6O6. The number of nitrogens with two attached hydrogens (primary N) is 1. The minimum atomic E-state index is -1.08. The van der Waals surface area contributed by atoms with Crippen LogP contribution in [-0.2, 0) is 21.4 Å². The zero-order chi connectivity index (χ0) is 33.3. The van der Waals surface area contributed by atoms with Crippen LogP contribution in [0.2, 0.25) is 0 Å². The second kappa shape index (κ2) is 9.60. The number of fused-ring (bicyclic) bond motifs is 7. The van der Waals surface area contributed by atoms with Crippen LogP contribution in [-0.4, -0.2) is 46.2 Å². The predicted molar refractivity (Wildman–Crippen MR) is 178 cm³/mol. The Morgan fingerprint density at radius 3 is 2.69 bits per heavy atom. The van der Waals surface area contributed by atoms with Gasteiger partial charge in [0.1, 0.15) is 17.2 Å². The van der Waals surface area contributed by atoms with Crippen molar-refractivity contribution in [1.82, 2.24) is 20.3 Å². The number of aromatic amines is 1. The average Bonchev–Trinajstić information content (AvgIpc) is 3.91. The van der Waals surface area contributed by atoms with E-state index in [1.165, 1.54) is 7.11 Å². The molecule has 1 spiro atoms. The second-order valence-corrected chi connectivity index (χ2v) is 13.4. The summed E-state index contributed by atoms with van der Waals surface area (Å²) in [5, 5.41) is 7.68. The number of amides is 1. The van der Waals surface area contributed by atoms with Gasteiger partial charge in [0.25, 0.3) is 0 Å². The van der Waals surface area contributed by atoms with Crippen molar-refractivity contribution in [1.29, 1.82) is 0 Å². The van der Waals surface area contributed by atoms with E-state index in [4.69, 9.17) is 34.0 Å². The summed E-state index contributed by atoms with van der Waals surface area (Å²) in [5.41, 5.74) is 12.5. The fourth-order valence-corrected chi connectivity index (χ4v) is 8.08. The van der Waals surface area contributed by atoms with Crippen molar-refractivity contribution in [2.45, 2.75) is 44.0 Å². The maximum Gasteiger partial charge on any atom is 0.360 e. The van der Waals surface area contributed by atoms with Gasteiger partial charge in [0.15, 0.2) is 29.1 Å². The summed E-state index contributed by atoms with van der Waals surface area (Å²) in [7, 11) is 1.31. The summed E-state index contributed by atoms with van der Waals surface area (Å²) >= 11 is 0. The molecule has 3 aromatic heterocycles. The Morgan fingerprint density at radius 1 is 1.02 bits per heavy atom. The molecule has 0 saturated heterocycles. The van der Waals surface area contributed by atoms with E-state index in [0.29, 0.717) is 23.5 Å². The van der Waals surface area contributed by atoms with E-state index in [1.807, 2.05) is 62.5 Å². The first-order valence-electron chi connectivity index (χ1n) is 16.3. The summed E-state index contributed by atoms with van der Waals surface area (Å²) < 4.78 is 25.5. The molecule has 4 aliphatic heterocycles. The van der Waals surface area contributed by atoms with E-state index in [2.05, 4.69) is 27.8 Å². The van der Waals surface area contributed by atoms with Gasteiger partial charge in [0.2, 0.25) is 17.7 Å². The average molecular weight is 655 g/mol. The molecule has 4 atom stereocenters. The Morgan fingerprint density at radius 2 is 1.86 bits per heavy atom. The van der Waals surface area contributed by atoms with Crippen LogP contribution in [0.5, 0.6) is 5.75 Å². The molecule has 10 rings (SSSR count). The second-order valence-electron chi connectivity index (χ2n) is 13.4. The first-order chi connectivity index (χ1) is 23.8. The largest absolute Gasteiger partial charge is 0.469 e. The summed E-state index contributed by atoms with van der Waals surface area (Å²) in [6.07, 6.45) is 1.47. The third kappa shape index (κ3) is 3.55. The molecule has 10 bridgehead atoms. The highest BCUT2D eigenvalue weighted by Crippen LogP contribution is 2.61. The number of carbonyl (C=O) groups excluding carboxylic acids is 2. The number of H-pyrrole nitrogens is 1. The first-order valence-corrected chi connectivity index (χ1v) is 16.3. The molecule has 5 N–H and O–H groups in total. The molecule has 0 aliphatic carbocycles. The topological polar surface area (TPSA) is 171 Å². The molecule has 0 radical (unpaired) electrons. The fraction of sp³-hybridized carbons (Fsp3) is 0.243. The van der Waals surface area contributed by atoms with E-state index < -0.39 is 29.7 Å². The lowest BCUT2D eigenvalue weighted by Gasteiger charge is -2.28. The monoisotopic (exact) mass is 654 g/mol. The molecule has 3 aromatic carbocycles. The smallest absolute Gasteiger partial charge is 0.360 e. The molecule has 7 heterocycles. The number of hydrogen-bond donors (Lipinski definition) is 4. The zero-order valence-electron chi connectivity index (χ0n) is 26.7. The molecule has 12 heteroatoms. The summed E-state index contributed by atoms with van der Waals surface area (Å²) in [4.78, 5) is 40.0. The van der Waals surface area contributed by atoms with Crippen molar-refractivity contribution < 1.29 is 27.9 Å². The Labute approximate surface area is 279 Å². The summed E-state index contributed by atoms with van der Waals surface area (Å²) in [5.74, 6) is 0.502. The van der Waals surface area contributed by atoms with Crippen LogP contribution in [0.4, 0.5) is 5.69 Å². The number of anilines is 1. The van der Waals surface area contributed by atoms with E-state index >= 15 is 0 Å². The Kier molecular flexibility index (Phi) is 5.52. The first kappa shape index (κ1) is 28.2. The van der Waals surface area contributed by atoms with Gasteiger partial charge in [0, 0.05) is 45.0 Å². The van der Waals surface area contributed by atoms with Crippen LogP contribution in [0.15, 0.2) is 69.6 Å². The van der Waals surface area contributed by atoms with E-state index in [-0.39, 0.29) is 40.8 Å². The lowest BCUT2D eigenvalue weighted by Crippen LogP contribution is -2.45. The van der Waals surface area contributed by atoms with Crippen molar-refractivity contribution in [3.63, 3.8) is 0 Å². The SMILES string of the molecule is COC(=O)c1nc2oc1-c1c[nH]c3cccc(c13)-c1cccc3c1N[C@H]1Oc4ccc5cc4C31c1oc(nc1-2)[C@H](C(C)C)NC(=O)C(N)C5.